The van der Waals surface area contributed by atoms with Crippen LogP contribution in [0.4, 0.5) is 28.3 Å². The first-order valence-corrected chi connectivity index (χ1v) is 15.2. The highest BCUT2D eigenvalue weighted by atomic mass is 32.2. The number of hydrogen-bond acceptors (Lipinski definition) is 11. The van der Waals surface area contributed by atoms with Crippen LogP contribution in [0.3, 0.4) is 0 Å². The zero-order valence-electron chi connectivity index (χ0n) is 24.0. The third kappa shape index (κ3) is 6.48. The molecule has 2 amide bonds. The predicted molar refractivity (Wildman–Crippen MR) is 167 cm³/mol. The van der Waals surface area contributed by atoms with Gasteiger partial charge in [-0.2, -0.15) is 9.97 Å². The first-order valence-electron chi connectivity index (χ1n) is 14.4. The molecule has 6 rings (SSSR count). The Hall–Kier alpha value is -4.19. The lowest BCUT2D eigenvalue weighted by molar-refractivity contribution is -0.115. The molecule has 0 saturated carbocycles. The van der Waals surface area contributed by atoms with Gasteiger partial charge in [-0.1, -0.05) is 30.3 Å². The molecule has 5 heterocycles. The molecule has 3 fully saturated rings. The summed E-state index contributed by atoms with van der Waals surface area (Å²) >= 11 is 0.891. The lowest BCUT2D eigenvalue weighted by Gasteiger charge is -2.25. The fourth-order valence-corrected chi connectivity index (χ4v) is 6.11. The van der Waals surface area contributed by atoms with E-state index in [4.69, 9.17) is 19.9 Å². The molecule has 42 heavy (non-hydrogen) atoms. The van der Waals surface area contributed by atoms with E-state index < -0.39 is 5.91 Å². The highest BCUT2D eigenvalue weighted by Crippen LogP contribution is 2.28. The number of amides is 2. The number of carbonyl (C=O) groups excluding carboxylic acids is 2. The summed E-state index contributed by atoms with van der Waals surface area (Å²) in [5.74, 6) is 2.73. The minimum atomic E-state index is -0.400. The SMILES string of the molecule is Cc1cc(N2CCCN(c3nc(C=C4SC(=O)NC4=O)cc(N(C)Cc4ccccc4)n3)CC2)nc(N2CCCC2)n1. The molecular weight excluding hydrogens is 550 g/mol. The molecule has 3 saturated heterocycles. The minimum Gasteiger partial charge on any atom is -0.355 e. The third-order valence-electron chi connectivity index (χ3n) is 7.62. The number of hydrogen-bond donors (Lipinski definition) is 1. The molecule has 0 radical (unpaired) electrons. The molecule has 0 unspecified atom stereocenters. The van der Waals surface area contributed by atoms with E-state index in [1.165, 1.54) is 12.8 Å². The summed E-state index contributed by atoms with van der Waals surface area (Å²) in [6.07, 6.45) is 4.95. The minimum absolute atomic E-state index is 0.330. The Labute approximate surface area is 250 Å². The highest BCUT2D eigenvalue weighted by molar-refractivity contribution is 8.18. The molecule has 11 nitrogen and oxygen atoms in total. The maximum Gasteiger partial charge on any atom is 0.290 e. The van der Waals surface area contributed by atoms with Crippen molar-refractivity contribution in [2.75, 3.05) is 65.9 Å². The van der Waals surface area contributed by atoms with E-state index in [0.29, 0.717) is 23.1 Å². The van der Waals surface area contributed by atoms with Crippen molar-refractivity contribution in [3.63, 3.8) is 0 Å². The van der Waals surface area contributed by atoms with Crippen LogP contribution in [0.5, 0.6) is 0 Å². The maximum atomic E-state index is 12.3. The fraction of sp³-hybridized carbons (Fsp3) is 0.400. The highest BCUT2D eigenvalue weighted by Gasteiger charge is 2.26. The van der Waals surface area contributed by atoms with Crippen LogP contribution in [0, 0.1) is 6.92 Å². The Morgan fingerprint density at radius 1 is 0.857 bits per heavy atom. The van der Waals surface area contributed by atoms with Crippen molar-refractivity contribution in [1.82, 2.24) is 25.3 Å². The van der Waals surface area contributed by atoms with Crippen LogP contribution in [-0.2, 0) is 11.3 Å². The molecule has 1 N–H and O–H groups in total. The number of imide groups is 1. The average molecular weight is 586 g/mol. The Balaban J connectivity index is 1.25. The summed E-state index contributed by atoms with van der Waals surface area (Å²) < 4.78 is 0. The molecule has 3 aliphatic heterocycles. The number of aromatic nitrogens is 4. The third-order valence-corrected chi connectivity index (χ3v) is 8.43. The van der Waals surface area contributed by atoms with Crippen LogP contribution in [-0.4, -0.2) is 77.4 Å². The lowest BCUT2D eigenvalue weighted by Crippen LogP contribution is -2.33. The van der Waals surface area contributed by atoms with Crippen LogP contribution in [0.25, 0.3) is 6.08 Å². The Morgan fingerprint density at radius 2 is 1.55 bits per heavy atom. The average Bonchev–Trinajstić information content (AvgIpc) is 3.55. The van der Waals surface area contributed by atoms with E-state index in [1.54, 1.807) is 6.08 Å². The molecular formula is C30H35N9O2S. The van der Waals surface area contributed by atoms with Gasteiger partial charge in [0.15, 0.2) is 0 Å². The first-order chi connectivity index (χ1) is 20.4. The summed E-state index contributed by atoms with van der Waals surface area (Å²) in [5, 5.41) is 1.95. The fourth-order valence-electron chi connectivity index (χ4n) is 5.45. The van der Waals surface area contributed by atoms with Crippen molar-refractivity contribution < 1.29 is 9.59 Å². The van der Waals surface area contributed by atoms with Crippen LogP contribution in [0.1, 0.15) is 36.2 Å². The van der Waals surface area contributed by atoms with E-state index in [2.05, 4.69) is 43.1 Å². The van der Waals surface area contributed by atoms with Crippen molar-refractivity contribution in [1.29, 1.82) is 0 Å². The van der Waals surface area contributed by atoms with Gasteiger partial charge in [-0.25, -0.2) is 9.97 Å². The van der Waals surface area contributed by atoms with Gasteiger partial charge in [-0.05, 0) is 49.6 Å². The number of aryl methyl sites for hydroxylation is 1. The second-order valence-electron chi connectivity index (χ2n) is 10.8. The Bertz CT molecular complexity index is 1490. The van der Waals surface area contributed by atoms with Crippen molar-refractivity contribution in [3.05, 3.63) is 64.3 Å². The molecule has 0 bridgehead atoms. The van der Waals surface area contributed by atoms with Gasteiger partial charge < -0.3 is 19.6 Å². The van der Waals surface area contributed by atoms with Gasteiger partial charge >= 0.3 is 0 Å². The monoisotopic (exact) mass is 585 g/mol. The topological polar surface area (TPSA) is 111 Å². The Kier molecular flexibility index (Phi) is 8.22. The zero-order chi connectivity index (χ0) is 29.1. The molecule has 0 atom stereocenters. The summed E-state index contributed by atoms with van der Waals surface area (Å²) in [7, 11) is 2.00. The number of nitrogens with zero attached hydrogens (tertiary/aromatic N) is 8. The van der Waals surface area contributed by atoms with Gasteiger partial charge in [-0.3, -0.25) is 14.9 Å². The van der Waals surface area contributed by atoms with E-state index in [0.717, 1.165) is 86.3 Å². The van der Waals surface area contributed by atoms with E-state index in [9.17, 15) is 9.59 Å². The molecule has 1 aromatic carbocycles. The lowest BCUT2D eigenvalue weighted by atomic mass is 10.2. The quantitative estimate of drug-likeness (QED) is 0.408. The van der Waals surface area contributed by atoms with Crippen molar-refractivity contribution >= 4 is 52.5 Å². The molecule has 2 aromatic heterocycles. The van der Waals surface area contributed by atoms with Gasteiger partial charge in [0.2, 0.25) is 11.9 Å². The second kappa shape index (κ2) is 12.4. The van der Waals surface area contributed by atoms with E-state index >= 15 is 0 Å². The summed E-state index contributed by atoms with van der Waals surface area (Å²) in [6.45, 7) is 7.87. The number of rotatable bonds is 7. The molecule has 0 spiro atoms. The second-order valence-corrected chi connectivity index (χ2v) is 11.8. The van der Waals surface area contributed by atoms with Gasteiger partial charge in [0.25, 0.3) is 11.1 Å². The molecule has 12 heteroatoms. The van der Waals surface area contributed by atoms with Crippen LogP contribution >= 0.6 is 11.8 Å². The Morgan fingerprint density at radius 3 is 2.31 bits per heavy atom. The van der Waals surface area contributed by atoms with E-state index in [-0.39, 0.29) is 5.24 Å². The summed E-state index contributed by atoms with van der Waals surface area (Å²) in [4.78, 5) is 52.7. The zero-order valence-corrected chi connectivity index (χ0v) is 24.8. The molecule has 218 valence electrons. The van der Waals surface area contributed by atoms with Gasteiger partial charge in [0, 0.05) is 70.7 Å². The first kappa shape index (κ1) is 28.0. The van der Waals surface area contributed by atoms with Crippen molar-refractivity contribution in [2.45, 2.75) is 32.7 Å². The van der Waals surface area contributed by atoms with Gasteiger partial charge in [-0.15, -0.1) is 0 Å². The molecule has 3 aromatic rings. The number of carbonyl (C=O) groups is 2. The number of nitrogens with one attached hydrogen (secondary N) is 1. The molecule has 3 aliphatic rings. The summed E-state index contributed by atoms with van der Waals surface area (Å²) in [6, 6.07) is 14.1. The number of thioether (sulfide) groups is 1. The van der Waals surface area contributed by atoms with Crippen LogP contribution in [0.2, 0.25) is 0 Å². The smallest absolute Gasteiger partial charge is 0.290 e. The van der Waals surface area contributed by atoms with Crippen LogP contribution in [0.15, 0.2) is 47.4 Å². The van der Waals surface area contributed by atoms with Crippen molar-refractivity contribution in [2.24, 2.45) is 0 Å². The van der Waals surface area contributed by atoms with Crippen molar-refractivity contribution in [3.8, 4) is 0 Å². The maximum absolute atomic E-state index is 12.3. The van der Waals surface area contributed by atoms with Gasteiger partial charge in [0.05, 0.1) is 10.6 Å². The van der Waals surface area contributed by atoms with Gasteiger partial charge in [0.1, 0.15) is 11.6 Å². The predicted octanol–water partition coefficient (Wildman–Crippen LogP) is 3.85. The molecule has 0 aliphatic carbocycles. The summed E-state index contributed by atoms with van der Waals surface area (Å²) in [5.41, 5.74) is 2.73. The largest absolute Gasteiger partial charge is 0.355 e. The van der Waals surface area contributed by atoms with E-state index in [1.807, 2.05) is 38.2 Å². The normalized spacial score (nSPS) is 18.5. The standard InChI is InChI=1S/C30H35N9O2S/c1-21-17-26(34-28(31-21)38-11-6-7-12-38)37-13-8-14-39(16-15-37)29-32-23(18-24-27(40)35-30(41)42-24)19-25(33-29)36(2)20-22-9-4-3-5-10-22/h3-5,9-10,17-19H,6-8,11-16,20H2,1-2H3,(H,35,40,41). The van der Waals surface area contributed by atoms with Crippen LogP contribution < -0.4 is 24.9 Å². The number of anilines is 4. The number of benzene rings is 1.